The molecule has 0 aromatic heterocycles. The van der Waals surface area contributed by atoms with Gasteiger partial charge in [0.05, 0.1) is 0 Å². The molecule has 3 aliphatic rings. The molecule has 2 atom stereocenters. The maximum Gasteiger partial charge on any atom is 0.223 e. The minimum absolute atomic E-state index is 0.0759. The van der Waals surface area contributed by atoms with Crippen LogP contribution in [0, 0.1) is 5.92 Å². The molecule has 2 saturated carbocycles. The molecule has 1 aromatic rings. The third-order valence-corrected chi connectivity index (χ3v) is 7.35. The lowest BCUT2D eigenvalue weighted by Crippen LogP contribution is -2.51. The van der Waals surface area contributed by atoms with E-state index in [1.165, 1.54) is 5.56 Å². The Kier molecular flexibility index (Phi) is 7.39. The van der Waals surface area contributed by atoms with E-state index in [0.717, 1.165) is 82.1 Å². The van der Waals surface area contributed by atoms with E-state index in [9.17, 15) is 4.79 Å². The first kappa shape index (κ1) is 22.4. The minimum Gasteiger partial charge on any atom is -0.381 e. The number of hydrogen-bond donors (Lipinski definition) is 3. The minimum atomic E-state index is -0.0759. The van der Waals surface area contributed by atoms with E-state index in [0.29, 0.717) is 6.04 Å². The zero-order valence-corrected chi connectivity index (χ0v) is 19.2. The summed E-state index contributed by atoms with van der Waals surface area (Å²) in [6, 6.07) is 8.83. The molecule has 1 amide bonds. The van der Waals surface area contributed by atoms with Crippen molar-refractivity contribution in [3.05, 3.63) is 34.9 Å². The number of carbonyl (C=O) groups excluding carboxylic acids is 1. The van der Waals surface area contributed by atoms with Gasteiger partial charge in [-0.1, -0.05) is 36.2 Å². The van der Waals surface area contributed by atoms with E-state index in [-0.39, 0.29) is 23.3 Å². The van der Waals surface area contributed by atoms with Gasteiger partial charge in [-0.25, -0.2) is 0 Å². The SMILES string of the molecule is CN=C(NCC1(c2ccccc2Cl)CCOCC1)NC1CCCC(C(=O)NC2CC2)C1. The predicted octanol–water partition coefficient (Wildman–Crippen LogP) is 3.39. The van der Waals surface area contributed by atoms with Crippen molar-refractivity contribution in [2.24, 2.45) is 10.9 Å². The summed E-state index contributed by atoms with van der Waals surface area (Å²) in [5, 5.41) is 11.1. The van der Waals surface area contributed by atoms with Gasteiger partial charge >= 0.3 is 0 Å². The monoisotopic (exact) mass is 446 g/mol. The van der Waals surface area contributed by atoms with Gasteiger partial charge in [0.25, 0.3) is 0 Å². The number of halogens is 1. The molecule has 3 fully saturated rings. The molecule has 4 rings (SSSR count). The first-order chi connectivity index (χ1) is 15.1. The van der Waals surface area contributed by atoms with Crippen molar-refractivity contribution < 1.29 is 9.53 Å². The number of hydrogen-bond acceptors (Lipinski definition) is 3. The van der Waals surface area contributed by atoms with Gasteiger partial charge in [0.2, 0.25) is 5.91 Å². The second-order valence-electron chi connectivity index (χ2n) is 9.29. The zero-order valence-electron chi connectivity index (χ0n) is 18.5. The number of aliphatic imine (C=N–C) groups is 1. The molecule has 2 unspecified atom stereocenters. The molecule has 0 radical (unpaired) electrons. The summed E-state index contributed by atoms with van der Waals surface area (Å²) in [6.45, 7) is 2.22. The van der Waals surface area contributed by atoms with Gasteiger partial charge in [0.1, 0.15) is 0 Å². The lowest BCUT2D eigenvalue weighted by molar-refractivity contribution is -0.126. The van der Waals surface area contributed by atoms with Crippen molar-refractivity contribution in [3.63, 3.8) is 0 Å². The lowest BCUT2D eigenvalue weighted by atomic mass is 9.74. The lowest BCUT2D eigenvalue weighted by Gasteiger charge is -2.39. The van der Waals surface area contributed by atoms with Crippen LogP contribution in [0.5, 0.6) is 0 Å². The molecule has 0 bridgehead atoms. The summed E-state index contributed by atoms with van der Waals surface area (Å²) < 4.78 is 5.65. The Labute approximate surface area is 190 Å². The van der Waals surface area contributed by atoms with Gasteiger partial charge in [-0.3, -0.25) is 9.79 Å². The summed E-state index contributed by atoms with van der Waals surface area (Å²) in [7, 11) is 1.81. The number of nitrogens with one attached hydrogen (secondary N) is 3. The van der Waals surface area contributed by atoms with Crippen molar-refractivity contribution in [3.8, 4) is 0 Å². The number of amides is 1. The highest BCUT2D eigenvalue weighted by Gasteiger charge is 2.36. The van der Waals surface area contributed by atoms with Gasteiger partial charge in [-0.2, -0.15) is 0 Å². The second-order valence-corrected chi connectivity index (χ2v) is 9.69. The topological polar surface area (TPSA) is 74.8 Å². The molecule has 1 aliphatic heterocycles. The number of rotatable bonds is 6. The summed E-state index contributed by atoms with van der Waals surface area (Å²) in [4.78, 5) is 17.0. The number of guanidine groups is 1. The molecule has 2 aliphatic carbocycles. The summed E-state index contributed by atoms with van der Waals surface area (Å²) in [5.41, 5.74) is 1.10. The molecule has 6 nitrogen and oxygen atoms in total. The fraction of sp³-hybridized carbons (Fsp3) is 0.667. The Morgan fingerprint density at radius 1 is 1.13 bits per heavy atom. The highest BCUT2D eigenvalue weighted by molar-refractivity contribution is 6.31. The predicted molar refractivity (Wildman–Crippen MR) is 125 cm³/mol. The molecule has 1 heterocycles. The molecule has 1 saturated heterocycles. The maximum absolute atomic E-state index is 12.5. The van der Waals surface area contributed by atoms with Crippen LogP contribution in [-0.2, 0) is 14.9 Å². The van der Waals surface area contributed by atoms with Crippen molar-refractivity contribution in [2.45, 2.75) is 68.9 Å². The standard InChI is InChI=1S/C24H35ClN4O2/c1-26-23(29-19-6-4-5-17(15-19)22(30)28-18-9-10-18)27-16-24(11-13-31-14-12-24)20-7-2-3-8-21(20)25/h2-3,7-8,17-19H,4-6,9-16H2,1H3,(H,28,30)(H2,26,27,29). The van der Waals surface area contributed by atoms with Crippen LogP contribution in [-0.4, -0.2) is 50.8 Å². The summed E-state index contributed by atoms with van der Waals surface area (Å²) in [6.07, 6.45) is 8.10. The van der Waals surface area contributed by atoms with Crippen LogP contribution in [0.1, 0.15) is 56.9 Å². The van der Waals surface area contributed by atoms with Gasteiger partial charge in [0, 0.05) is 55.2 Å². The van der Waals surface area contributed by atoms with Gasteiger partial charge in [-0.15, -0.1) is 0 Å². The van der Waals surface area contributed by atoms with Crippen molar-refractivity contribution >= 4 is 23.5 Å². The van der Waals surface area contributed by atoms with E-state index >= 15 is 0 Å². The third-order valence-electron chi connectivity index (χ3n) is 7.02. The second kappa shape index (κ2) is 10.2. The quantitative estimate of drug-likeness (QED) is 0.462. The van der Waals surface area contributed by atoms with Crippen molar-refractivity contribution in [1.29, 1.82) is 0 Å². The third kappa shape index (κ3) is 5.72. The Morgan fingerprint density at radius 3 is 2.61 bits per heavy atom. The summed E-state index contributed by atoms with van der Waals surface area (Å²) >= 11 is 6.59. The van der Waals surface area contributed by atoms with E-state index in [4.69, 9.17) is 16.3 Å². The number of ether oxygens (including phenoxy) is 1. The van der Waals surface area contributed by atoms with Crippen LogP contribution in [0.3, 0.4) is 0 Å². The van der Waals surface area contributed by atoms with Crippen molar-refractivity contribution in [2.75, 3.05) is 26.8 Å². The normalized spacial score (nSPS) is 26.2. The zero-order chi connectivity index (χ0) is 21.7. The smallest absolute Gasteiger partial charge is 0.223 e. The molecular formula is C24H35ClN4O2. The van der Waals surface area contributed by atoms with Crippen LogP contribution in [0.25, 0.3) is 0 Å². The van der Waals surface area contributed by atoms with Gasteiger partial charge in [0.15, 0.2) is 5.96 Å². The Hall–Kier alpha value is -1.79. The fourth-order valence-corrected chi connectivity index (χ4v) is 5.28. The van der Waals surface area contributed by atoms with E-state index < -0.39 is 0 Å². The Bertz CT molecular complexity index is 790. The Balaban J connectivity index is 1.36. The molecular weight excluding hydrogens is 412 g/mol. The van der Waals surface area contributed by atoms with Crippen LogP contribution in [0.4, 0.5) is 0 Å². The molecule has 1 aromatic carbocycles. The average molecular weight is 447 g/mol. The number of benzene rings is 1. The van der Waals surface area contributed by atoms with E-state index in [1.807, 2.05) is 19.2 Å². The summed E-state index contributed by atoms with van der Waals surface area (Å²) in [5.74, 6) is 1.14. The average Bonchev–Trinajstić information content (AvgIpc) is 3.62. The van der Waals surface area contributed by atoms with Crippen molar-refractivity contribution in [1.82, 2.24) is 16.0 Å². The number of carbonyl (C=O) groups is 1. The highest BCUT2D eigenvalue weighted by Crippen LogP contribution is 2.38. The molecule has 7 heteroatoms. The Morgan fingerprint density at radius 2 is 1.90 bits per heavy atom. The van der Waals surface area contributed by atoms with Crippen LogP contribution < -0.4 is 16.0 Å². The molecule has 170 valence electrons. The largest absolute Gasteiger partial charge is 0.381 e. The van der Waals surface area contributed by atoms with E-state index in [1.54, 1.807) is 0 Å². The molecule has 0 spiro atoms. The van der Waals surface area contributed by atoms with Crippen LogP contribution in [0.2, 0.25) is 5.02 Å². The number of nitrogens with zero attached hydrogens (tertiary/aromatic N) is 1. The first-order valence-electron chi connectivity index (χ1n) is 11.7. The van der Waals surface area contributed by atoms with Gasteiger partial charge < -0.3 is 20.7 Å². The fourth-order valence-electron chi connectivity index (χ4n) is 4.94. The first-order valence-corrected chi connectivity index (χ1v) is 12.1. The van der Waals surface area contributed by atoms with Crippen LogP contribution in [0.15, 0.2) is 29.3 Å². The molecule has 31 heavy (non-hydrogen) atoms. The van der Waals surface area contributed by atoms with Crippen LogP contribution >= 0.6 is 11.6 Å². The van der Waals surface area contributed by atoms with Gasteiger partial charge in [-0.05, 0) is 56.6 Å². The maximum atomic E-state index is 12.5. The molecule has 3 N–H and O–H groups in total. The highest BCUT2D eigenvalue weighted by atomic mass is 35.5. The van der Waals surface area contributed by atoms with E-state index in [2.05, 4.69) is 33.1 Å².